The molecule has 1 fully saturated rings. The molecule has 3 rings (SSSR count). The van der Waals surface area contributed by atoms with Gasteiger partial charge in [0.25, 0.3) is 4.77 Å². The molecule has 1 aliphatic rings. The molecule has 8 heteroatoms. The molecule has 2 heterocycles. The Morgan fingerprint density at radius 2 is 1.92 bits per heavy atom. The van der Waals surface area contributed by atoms with Crippen molar-refractivity contribution >= 4 is 28.9 Å². The maximum absolute atomic E-state index is 6.40. The quantitative estimate of drug-likeness (QED) is 0.597. The number of aromatic nitrogens is 2. The van der Waals surface area contributed by atoms with E-state index in [0.29, 0.717) is 22.1 Å². The highest BCUT2D eigenvalue weighted by atomic mass is 32.1. The van der Waals surface area contributed by atoms with E-state index in [-0.39, 0.29) is 0 Å². The molecule has 0 bridgehead atoms. The second kappa shape index (κ2) is 7.99. The van der Waals surface area contributed by atoms with Crippen molar-refractivity contribution in [3.63, 3.8) is 0 Å². The van der Waals surface area contributed by atoms with Crippen LogP contribution in [0.5, 0.6) is 11.5 Å². The number of nitrogens with one attached hydrogen (secondary N) is 1. The fourth-order valence-corrected chi connectivity index (χ4v) is 3.43. The van der Waals surface area contributed by atoms with Crippen molar-refractivity contribution in [3.8, 4) is 11.5 Å². The average Bonchev–Trinajstić information content (AvgIpc) is 2.64. The summed E-state index contributed by atoms with van der Waals surface area (Å²) in [6.07, 6.45) is 0.977. The van der Waals surface area contributed by atoms with Gasteiger partial charge in [-0.25, -0.2) is 4.57 Å². The molecule has 2 aromatic rings. The standard InChI is InChI=1S/C17H24N4O3S/c1-22-14-10-12-13(11-15(14)23-2)19-17(25)21(16(12)18)5-3-4-20-6-8-24-9-7-20/h10-11H,3-9H2,1-2H3,(H2,18,19,25)/p+1. The minimum Gasteiger partial charge on any atom is -0.493 e. The molecule has 0 amide bonds. The monoisotopic (exact) mass is 365 g/mol. The third-order valence-corrected chi connectivity index (χ3v) is 4.86. The van der Waals surface area contributed by atoms with Crippen LogP contribution < -0.4 is 19.8 Å². The van der Waals surface area contributed by atoms with Crippen molar-refractivity contribution in [2.24, 2.45) is 0 Å². The Balaban J connectivity index is 1.83. The summed E-state index contributed by atoms with van der Waals surface area (Å²) >= 11 is 5.50. The van der Waals surface area contributed by atoms with Crippen molar-refractivity contribution in [2.45, 2.75) is 13.0 Å². The number of rotatable bonds is 6. The van der Waals surface area contributed by atoms with E-state index in [0.717, 1.165) is 56.7 Å². The number of benzene rings is 1. The van der Waals surface area contributed by atoms with Crippen LogP contribution in [0.2, 0.25) is 0 Å². The van der Waals surface area contributed by atoms with Crippen molar-refractivity contribution in [1.29, 1.82) is 0 Å². The lowest BCUT2D eigenvalue weighted by Gasteiger charge is -2.26. The number of ether oxygens (including phenoxy) is 3. The number of nitrogens with two attached hydrogens (primary N) is 1. The molecule has 1 aliphatic heterocycles. The molecule has 136 valence electrons. The summed E-state index contributed by atoms with van der Waals surface area (Å²) in [5.74, 6) is 1.93. The molecule has 0 atom stereocenters. The summed E-state index contributed by atoms with van der Waals surface area (Å²) < 4.78 is 18.7. The number of anilines is 1. The van der Waals surface area contributed by atoms with Crippen LogP contribution in [0.3, 0.4) is 0 Å². The normalized spacial score (nSPS) is 15.4. The second-order valence-corrected chi connectivity index (χ2v) is 6.41. The van der Waals surface area contributed by atoms with Crippen LogP contribution in [-0.4, -0.2) is 57.0 Å². The maximum atomic E-state index is 6.40. The van der Waals surface area contributed by atoms with Crippen LogP contribution in [0.15, 0.2) is 12.1 Å². The number of hydrogen-bond acceptors (Lipinski definition) is 6. The Bertz CT molecular complexity index is 803. The molecule has 7 nitrogen and oxygen atoms in total. The van der Waals surface area contributed by atoms with Gasteiger partial charge in [0, 0.05) is 31.8 Å². The number of aromatic amines is 1. The molecule has 1 aromatic heterocycles. The van der Waals surface area contributed by atoms with E-state index in [1.54, 1.807) is 14.2 Å². The summed E-state index contributed by atoms with van der Waals surface area (Å²) in [5.41, 5.74) is 7.24. The van der Waals surface area contributed by atoms with E-state index >= 15 is 0 Å². The highest BCUT2D eigenvalue weighted by Gasteiger charge is 2.17. The summed E-state index contributed by atoms with van der Waals surface area (Å²) in [6, 6.07) is 3.74. The van der Waals surface area contributed by atoms with Crippen molar-refractivity contribution in [1.82, 2.24) is 9.88 Å². The second-order valence-electron chi connectivity index (χ2n) is 6.03. The van der Waals surface area contributed by atoms with Gasteiger partial charge in [0.05, 0.1) is 39.4 Å². The molecular formula is C17H25N4O3S+. The van der Waals surface area contributed by atoms with Crippen LogP contribution in [-0.2, 0) is 11.3 Å². The molecule has 0 spiro atoms. The predicted molar refractivity (Wildman–Crippen MR) is 98.7 cm³/mol. The number of nitrogens with zero attached hydrogens (tertiary/aromatic N) is 2. The first-order chi connectivity index (χ1) is 12.1. The SMILES string of the molecule is COc1cc2[nH]c(=S)[n+](CCCN3CCOCC3)c(N)c2cc1OC. The maximum Gasteiger partial charge on any atom is 0.295 e. The van der Waals surface area contributed by atoms with Gasteiger partial charge in [-0.3, -0.25) is 9.88 Å². The highest BCUT2D eigenvalue weighted by Crippen LogP contribution is 2.32. The lowest BCUT2D eigenvalue weighted by atomic mass is 10.2. The van der Waals surface area contributed by atoms with Gasteiger partial charge < -0.3 is 19.9 Å². The predicted octanol–water partition coefficient (Wildman–Crippen LogP) is 1.51. The third kappa shape index (κ3) is 3.86. The number of methoxy groups -OCH3 is 2. The zero-order valence-corrected chi connectivity index (χ0v) is 15.5. The van der Waals surface area contributed by atoms with Gasteiger partial charge in [-0.2, -0.15) is 0 Å². The molecule has 25 heavy (non-hydrogen) atoms. The van der Waals surface area contributed by atoms with Gasteiger partial charge in [-0.15, -0.1) is 0 Å². The van der Waals surface area contributed by atoms with Gasteiger partial charge in [0.15, 0.2) is 11.5 Å². The Labute approximate surface area is 152 Å². The largest absolute Gasteiger partial charge is 0.493 e. The highest BCUT2D eigenvalue weighted by molar-refractivity contribution is 7.71. The Kier molecular flexibility index (Phi) is 5.72. The molecule has 0 unspecified atom stereocenters. The van der Waals surface area contributed by atoms with E-state index in [4.69, 9.17) is 32.2 Å². The fraction of sp³-hybridized carbons (Fsp3) is 0.529. The number of nitrogen functional groups attached to an aromatic ring is 1. The van der Waals surface area contributed by atoms with Gasteiger partial charge in [-0.05, 0) is 18.6 Å². The Hall–Kier alpha value is -1.90. The molecule has 0 aliphatic carbocycles. The van der Waals surface area contributed by atoms with E-state index < -0.39 is 0 Å². The first-order valence-electron chi connectivity index (χ1n) is 8.41. The summed E-state index contributed by atoms with van der Waals surface area (Å²) in [5, 5.41) is 0.873. The minimum absolute atomic E-state index is 0.610. The lowest BCUT2D eigenvalue weighted by Crippen LogP contribution is -2.42. The Morgan fingerprint density at radius 3 is 2.60 bits per heavy atom. The zero-order valence-electron chi connectivity index (χ0n) is 14.7. The van der Waals surface area contributed by atoms with Gasteiger partial charge in [-0.1, -0.05) is 0 Å². The first-order valence-corrected chi connectivity index (χ1v) is 8.82. The molecular weight excluding hydrogens is 340 g/mol. The van der Waals surface area contributed by atoms with Crippen LogP contribution >= 0.6 is 12.2 Å². The van der Waals surface area contributed by atoms with Crippen LogP contribution in [0.1, 0.15) is 6.42 Å². The van der Waals surface area contributed by atoms with Crippen molar-refractivity contribution < 1.29 is 18.8 Å². The zero-order chi connectivity index (χ0) is 17.8. The van der Waals surface area contributed by atoms with Gasteiger partial charge >= 0.3 is 0 Å². The van der Waals surface area contributed by atoms with Crippen LogP contribution in [0, 0.1) is 4.77 Å². The molecule has 0 radical (unpaired) electrons. The van der Waals surface area contributed by atoms with E-state index in [1.807, 2.05) is 16.7 Å². The average molecular weight is 365 g/mol. The number of fused-ring (bicyclic) bond motifs is 1. The number of hydrogen-bond donors (Lipinski definition) is 2. The minimum atomic E-state index is 0.610. The van der Waals surface area contributed by atoms with Crippen molar-refractivity contribution in [2.75, 3.05) is 52.8 Å². The van der Waals surface area contributed by atoms with Gasteiger partial charge in [0.2, 0.25) is 5.82 Å². The summed E-state index contributed by atoms with van der Waals surface area (Å²) in [4.78, 5) is 5.65. The topological polar surface area (TPSA) is 76.6 Å². The molecule has 1 aromatic carbocycles. The van der Waals surface area contributed by atoms with E-state index in [9.17, 15) is 0 Å². The summed E-state index contributed by atoms with van der Waals surface area (Å²) in [6.45, 7) is 5.38. The lowest BCUT2D eigenvalue weighted by molar-refractivity contribution is -0.691. The smallest absolute Gasteiger partial charge is 0.295 e. The van der Waals surface area contributed by atoms with E-state index in [1.165, 1.54) is 0 Å². The first kappa shape index (κ1) is 17.9. The fourth-order valence-electron chi connectivity index (χ4n) is 3.13. The molecule has 0 saturated carbocycles. The van der Waals surface area contributed by atoms with Crippen molar-refractivity contribution in [3.05, 3.63) is 16.9 Å². The van der Waals surface area contributed by atoms with Gasteiger partial charge in [0.1, 0.15) is 5.52 Å². The Morgan fingerprint density at radius 1 is 1.24 bits per heavy atom. The van der Waals surface area contributed by atoms with Crippen LogP contribution in [0.25, 0.3) is 10.9 Å². The number of H-pyrrole nitrogens is 1. The molecule has 1 saturated heterocycles. The number of morpholine rings is 1. The molecule has 3 N–H and O–H groups in total. The van der Waals surface area contributed by atoms with Crippen LogP contribution in [0.4, 0.5) is 5.82 Å². The third-order valence-electron chi connectivity index (χ3n) is 4.54. The van der Waals surface area contributed by atoms with E-state index in [2.05, 4.69) is 9.88 Å². The summed E-state index contributed by atoms with van der Waals surface area (Å²) in [7, 11) is 3.22.